The van der Waals surface area contributed by atoms with Gasteiger partial charge in [-0.1, -0.05) is 16.5 Å². The lowest BCUT2D eigenvalue weighted by Crippen LogP contribution is -2.08. The molecule has 0 saturated heterocycles. The molecule has 2 aromatic heterocycles. The van der Waals surface area contributed by atoms with Crippen LogP contribution in [0.25, 0.3) is 10.2 Å². The lowest BCUT2D eigenvalue weighted by molar-refractivity contribution is 0.392. The molecule has 1 N–H and O–H groups in total. The molecule has 3 aromatic rings. The van der Waals surface area contributed by atoms with E-state index in [1.165, 1.54) is 23.5 Å². The van der Waals surface area contributed by atoms with E-state index < -0.39 is 0 Å². The Morgan fingerprint density at radius 2 is 2.15 bits per heavy atom. The Balaban J connectivity index is 1.89. The Labute approximate surface area is 119 Å². The number of aryl methyl sites for hydroxylation is 2. The summed E-state index contributed by atoms with van der Waals surface area (Å²) in [5.41, 5.74) is 2.58. The molecule has 3 rings (SSSR count). The van der Waals surface area contributed by atoms with Crippen LogP contribution < -0.4 is 5.32 Å². The van der Waals surface area contributed by atoms with Crippen LogP contribution in [0.1, 0.15) is 30.0 Å². The maximum Gasteiger partial charge on any atom is 0.184 e. The van der Waals surface area contributed by atoms with Crippen molar-refractivity contribution in [1.29, 1.82) is 0 Å². The van der Waals surface area contributed by atoms with E-state index in [4.69, 9.17) is 4.52 Å². The smallest absolute Gasteiger partial charge is 0.184 e. The van der Waals surface area contributed by atoms with Crippen LogP contribution in [0, 0.1) is 19.7 Å². The number of fused-ring (bicyclic) bond motifs is 1. The monoisotopic (exact) mass is 291 g/mol. The van der Waals surface area contributed by atoms with Crippen molar-refractivity contribution in [2.24, 2.45) is 0 Å². The van der Waals surface area contributed by atoms with Gasteiger partial charge in [0.1, 0.15) is 11.6 Å². The van der Waals surface area contributed by atoms with E-state index in [9.17, 15) is 4.39 Å². The zero-order valence-corrected chi connectivity index (χ0v) is 12.2. The van der Waals surface area contributed by atoms with Crippen LogP contribution in [0.3, 0.4) is 0 Å². The topological polar surface area (TPSA) is 51.0 Å². The molecular formula is C14H14FN3OS. The summed E-state index contributed by atoms with van der Waals surface area (Å²) >= 11 is 1.50. The summed E-state index contributed by atoms with van der Waals surface area (Å²) in [6.45, 7) is 5.83. The largest absolute Gasteiger partial charge is 0.361 e. The van der Waals surface area contributed by atoms with Crippen molar-refractivity contribution in [2.75, 3.05) is 5.32 Å². The molecule has 0 radical (unpaired) electrons. The first kappa shape index (κ1) is 13.1. The van der Waals surface area contributed by atoms with Gasteiger partial charge in [-0.15, -0.1) is 0 Å². The van der Waals surface area contributed by atoms with Gasteiger partial charge >= 0.3 is 0 Å². The minimum absolute atomic E-state index is 0.0339. The summed E-state index contributed by atoms with van der Waals surface area (Å²) in [5, 5.41) is 8.03. The average molecular weight is 291 g/mol. The molecule has 20 heavy (non-hydrogen) atoms. The maximum absolute atomic E-state index is 13.2. The number of anilines is 1. The van der Waals surface area contributed by atoms with Crippen LogP contribution in [0.4, 0.5) is 9.52 Å². The highest BCUT2D eigenvalue weighted by atomic mass is 32.1. The molecule has 104 valence electrons. The van der Waals surface area contributed by atoms with Gasteiger partial charge in [0.15, 0.2) is 5.13 Å². The molecule has 6 heteroatoms. The summed E-state index contributed by atoms with van der Waals surface area (Å²) in [5.74, 6) is 0.530. The van der Waals surface area contributed by atoms with Crippen LogP contribution >= 0.6 is 11.3 Å². The standard InChI is InChI=1S/C14H14FN3OS/c1-7(13-8(2)18-19-9(13)3)16-14-17-11-6-10(15)4-5-12(11)20-14/h4-7H,1-3H3,(H,16,17). The third-order valence-corrected chi connectivity index (χ3v) is 4.18. The highest BCUT2D eigenvalue weighted by Gasteiger charge is 2.17. The van der Waals surface area contributed by atoms with Crippen molar-refractivity contribution in [2.45, 2.75) is 26.8 Å². The van der Waals surface area contributed by atoms with E-state index in [-0.39, 0.29) is 11.9 Å². The molecule has 0 aliphatic rings. The Kier molecular flexibility index (Phi) is 3.17. The summed E-state index contributed by atoms with van der Waals surface area (Å²) < 4.78 is 19.3. The number of nitrogens with zero attached hydrogens (tertiary/aromatic N) is 2. The Hall–Kier alpha value is -1.95. The Bertz CT molecular complexity index is 745. The summed E-state index contributed by atoms with van der Waals surface area (Å²) in [6, 6.07) is 4.67. The molecule has 4 nitrogen and oxygen atoms in total. The normalized spacial score (nSPS) is 12.8. The van der Waals surface area contributed by atoms with E-state index in [1.54, 1.807) is 6.07 Å². The quantitative estimate of drug-likeness (QED) is 0.785. The number of rotatable bonds is 3. The predicted molar refractivity (Wildman–Crippen MR) is 77.6 cm³/mol. The van der Waals surface area contributed by atoms with Gasteiger partial charge in [-0.25, -0.2) is 9.37 Å². The van der Waals surface area contributed by atoms with Crippen LogP contribution in [-0.2, 0) is 0 Å². The molecule has 0 bridgehead atoms. The van der Waals surface area contributed by atoms with Crippen LogP contribution in [0.15, 0.2) is 22.7 Å². The fourth-order valence-corrected chi connectivity index (χ4v) is 3.26. The predicted octanol–water partition coefficient (Wildman–Crippen LogP) is 4.21. The molecule has 0 amide bonds. The number of benzene rings is 1. The van der Waals surface area contributed by atoms with Crippen LogP contribution in [0.2, 0.25) is 0 Å². The van der Waals surface area contributed by atoms with Gasteiger partial charge in [-0.05, 0) is 32.9 Å². The third kappa shape index (κ3) is 2.27. The van der Waals surface area contributed by atoms with Crippen LogP contribution in [-0.4, -0.2) is 10.1 Å². The number of aromatic nitrogens is 2. The van der Waals surface area contributed by atoms with Gasteiger partial charge in [0.2, 0.25) is 0 Å². The van der Waals surface area contributed by atoms with E-state index in [0.717, 1.165) is 26.8 Å². The Morgan fingerprint density at radius 3 is 2.85 bits per heavy atom. The SMILES string of the molecule is Cc1noc(C)c1C(C)Nc1nc2cc(F)ccc2s1. The lowest BCUT2D eigenvalue weighted by atomic mass is 10.1. The van der Waals surface area contributed by atoms with Gasteiger partial charge in [-0.2, -0.15) is 0 Å². The molecule has 0 aliphatic heterocycles. The molecule has 1 aromatic carbocycles. The van der Waals surface area contributed by atoms with Gasteiger partial charge in [-0.3, -0.25) is 0 Å². The second-order valence-electron chi connectivity index (χ2n) is 4.73. The molecule has 1 atom stereocenters. The molecule has 0 saturated carbocycles. The third-order valence-electron chi connectivity index (χ3n) is 3.21. The number of hydrogen-bond acceptors (Lipinski definition) is 5. The molecule has 2 heterocycles. The number of hydrogen-bond donors (Lipinski definition) is 1. The van der Waals surface area contributed by atoms with E-state index >= 15 is 0 Å². The highest BCUT2D eigenvalue weighted by molar-refractivity contribution is 7.22. The molecule has 0 aliphatic carbocycles. The van der Waals surface area contributed by atoms with Crippen molar-refractivity contribution in [3.8, 4) is 0 Å². The maximum atomic E-state index is 13.2. The minimum atomic E-state index is -0.270. The Morgan fingerprint density at radius 1 is 1.35 bits per heavy atom. The average Bonchev–Trinajstić information content (AvgIpc) is 2.92. The number of nitrogens with one attached hydrogen (secondary N) is 1. The van der Waals surface area contributed by atoms with Crippen molar-refractivity contribution in [3.05, 3.63) is 41.0 Å². The first-order valence-electron chi connectivity index (χ1n) is 6.30. The van der Waals surface area contributed by atoms with E-state index in [2.05, 4.69) is 15.5 Å². The second-order valence-corrected chi connectivity index (χ2v) is 5.77. The summed E-state index contributed by atoms with van der Waals surface area (Å²) in [6.07, 6.45) is 0. The summed E-state index contributed by atoms with van der Waals surface area (Å²) in [7, 11) is 0. The van der Waals surface area contributed by atoms with Crippen molar-refractivity contribution in [3.63, 3.8) is 0 Å². The van der Waals surface area contributed by atoms with Gasteiger partial charge in [0.05, 0.1) is 22.0 Å². The minimum Gasteiger partial charge on any atom is -0.361 e. The number of halogens is 1. The fraction of sp³-hybridized carbons (Fsp3) is 0.286. The fourth-order valence-electron chi connectivity index (χ4n) is 2.33. The zero-order chi connectivity index (χ0) is 14.3. The zero-order valence-electron chi connectivity index (χ0n) is 11.4. The van der Waals surface area contributed by atoms with Gasteiger partial charge in [0, 0.05) is 11.6 Å². The molecule has 0 spiro atoms. The second kappa shape index (κ2) is 4.86. The van der Waals surface area contributed by atoms with Crippen molar-refractivity contribution < 1.29 is 8.91 Å². The van der Waals surface area contributed by atoms with Gasteiger partial charge < -0.3 is 9.84 Å². The van der Waals surface area contributed by atoms with Crippen LogP contribution in [0.5, 0.6) is 0 Å². The molecule has 1 unspecified atom stereocenters. The number of thiazole rings is 1. The van der Waals surface area contributed by atoms with Crippen molar-refractivity contribution in [1.82, 2.24) is 10.1 Å². The van der Waals surface area contributed by atoms with Gasteiger partial charge in [0.25, 0.3) is 0 Å². The lowest BCUT2D eigenvalue weighted by Gasteiger charge is -2.12. The molecular weight excluding hydrogens is 277 g/mol. The van der Waals surface area contributed by atoms with E-state index in [0.29, 0.717) is 5.52 Å². The first-order valence-corrected chi connectivity index (χ1v) is 7.11. The highest BCUT2D eigenvalue weighted by Crippen LogP contribution is 2.30. The first-order chi connectivity index (χ1) is 9.54. The summed E-state index contributed by atoms with van der Waals surface area (Å²) in [4.78, 5) is 4.40. The van der Waals surface area contributed by atoms with Crippen molar-refractivity contribution >= 4 is 26.7 Å². The van der Waals surface area contributed by atoms with E-state index in [1.807, 2.05) is 20.8 Å². The molecule has 0 fully saturated rings.